The van der Waals surface area contributed by atoms with Crippen LogP contribution in [0.25, 0.3) is 0 Å². The van der Waals surface area contributed by atoms with Gasteiger partial charge in [0.2, 0.25) is 10.0 Å². The molecule has 2 N–H and O–H groups in total. The van der Waals surface area contributed by atoms with Crippen LogP contribution in [0, 0.1) is 0 Å². The Labute approximate surface area is 165 Å². The quantitative estimate of drug-likeness (QED) is 0.597. The minimum absolute atomic E-state index is 0.161. The smallest absolute Gasteiger partial charge is 0.251 e. The maximum absolute atomic E-state index is 12.3. The summed E-state index contributed by atoms with van der Waals surface area (Å²) in [4.78, 5) is 15.7. The molecule has 0 saturated heterocycles. The van der Waals surface area contributed by atoms with E-state index in [4.69, 9.17) is 0 Å². The third kappa shape index (κ3) is 6.73. The zero-order valence-corrected chi connectivity index (χ0v) is 17.4. The van der Waals surface area contributed by atoms with Crippen molar-refractivity contribution < 1.29 is 13.2 Å². The number of thiophene rings is 1. The van der Waals surface area contributed by atoms with Crippen molar-refractivity contribution in [2.24, 2.45) is 0 Å². The van der Waals surface area contributed by atoms with Crippen LogP contribution in [-0.2, 0) is 16.4 Å². The van der Waals surface area contributed by atoms with Gasteiger partial charge in [-0.15, -0.1) is 11.3 Å². The first-order chi connectivity index (χ1) is 13.0. The molecule has 0 aliphatic carbocycles. The second-order valence-electron chi connectivity index (χ2n) is 6.03. The van der Waals surface area contributed by atoms with Gasteiger partial charge in [0.25, 0.3) is 5.91 Å². The zero-order chi connectivity index (χ0) is 19.7. The summed E-state index contributed by atoms with van der Waals surface area (Å²) >= 11 is 1.60. The molecule has 1 aromatic carbocycles. The van der Waals surface area contributed by atoms with E-state index in [-0.39, 0.29) is 10.8 Å². The maximum Gasteiger partial charge on any atom is 0.251 e. The van der Waals surface area contributed by atoms with Gasteiger partial charge in [-0.25, -0.2) is 13.1 Å². The third-order valence-corrected chi connectivity index (χ3v) is 6.69. The van der Waals surface area contributed by atoms with E-state index in [9.17, 15) is 13.2 Å². The minimum atomic E-state index is -3.57. The Kier molecular flexibility index (Phi) is 8.43. The summed E-state index contributed by atoms with van der Waals surface area (Å²) in [6.07, 6.45) is 0.657. The molecule has 0 fully saturated rings. The van der Waals surface area contributed by atoms with Gasteiger partial charge in [0.1, 0.15) is 0 Å². The highest BCUT2D eigenvalue weighted by Crippen LogP contribution is 2.12. The number of benzene rings is 1. The monoisotopic (exact) mass is 409 g/mol. The first kappa shape index (κ1) is 21.6. The summed E-state index contributed by atoms with van der Waals surface area (Å²) in [5, 5.41) is 4.83. The van der Waals surface area contributed by atoms with Gasteiger partial charge in [-0.3, -0.25) is 4.79 Å². The lowest BCUT2D eigenvalue weighted by molar-refractivity contribution is 0.0949. The molecule has 0 bridgehead atoms. The molecule has 8 heteroatoms. The van der Waals surface area contributed by atoms with E-state index in [1.165, 1.54) is 12.1 Å². The van der Waals surface area contributed by atoms with E-state index >= 15 is 0 Å². The molecule has 2 aromatic rings. The number of rotatable bonds is 11. The third-order valence-electron chi connectivity index (χ3n) is 4.28. The molecule has 1 heterocycles. The first-order valence-corrected chi connectivity index (χ1v) is 11.4. The number of likely N-dealkylation sites (N-methyl/N-ethyl adjacent to an activating group) is 1. The predicted molar refractivity (Wildman–Crippen MR) is 110 cm³/mol. The number of carbonyl (C=O) groups is 1. The van der Waals surface area contributed by atoms with Crippen molar-refractivity contribution in [3.63, 3.8) is 0 Å². The summed E-state index contributed by atoms with van der Waals surface area (Å²) in [7, 11) is -3.57. The Morgan fingerprint density at radius 2 is 1.78 bits per heavy atom. The van der Waals surface area contributed by atoms with Crippen LogP contribution in [0.3, 0.4) is 0 Å². The molecule has 0 aliphatic heterocycles. The number of hydrogen-bond acceptors (Lipinski definition) is 5. The minimum Gasteiger partial charge on any atom is -0.351 e. The van der Waals surface area contributed by atoms with Crippen LogP contribution in [0.4, 0.5) is 0 Å². The summed E-state index contributed by atoms with van der Waals surface area (Å²) in [6, 6.07) is 9.94. The van der Waals surface area contributed by atoms with Crippen molar-refractivity contribution in [2.75, 3.05) is 32.7 Å². The highest BCUT2D eigenvalue weighted by molar-refractivity contribution is 7.89. The number of nitrogens with one attached hydrogen (secondary N) is 2. The SMILES string of the molecule is CCN(CC)CCNC(=O)c1ccc(S(=O)(=O)NCCc2cccs2)cc1. The number of sulfonamides is 1. The van der Waals surface area contributed by atoms with Crippen LogP contribution >= 0.6 is 11.3 Å². The van der Waals surface area contributed by atoms with E-state index in [0.29, 0.717) is 25.1 Å². The van der Waals surface area contributed by atoms with Gasteiger partial charge in [0, 0.05) is 30.1 Å². The summed E-state index contributed by atoms with van der Waals surface area (Å²) < 4.78 is 27.3. The number of nitrogens with zero attached hydrogens (tertiary/aromatic N) is 1. The molecule has 0 spiro atoms. The Bertz CT molecular complexity index is 799. The van der Waals surface area contributed by atoms with Gasteiger partial charge >= 0.3 is 0 Å². The Morgan fingerprint density at radius 3 is 2.37 bits per heavy atom. The molecular weight excluding hydrogens is 382 g/mol. The second-order valence-corrected chi connectivity index (χ2v) is 8.83. The van der Waals surface area contributed by atoms with E-state index < -0.39 is 10.0 Å². The highest BCUT2D eigenvalue weighted by Gasteiger charge is 2.14. The number of amides is 1. The summed E-state index contributed by atoms with van der Waals surface area (Å²) in [5.41, 5.74) is 0.451. The zero-order valence-electron chi connectivity index (χ0n) is 15.8. The molecule has 0 atom stereocenters. The molecule has 0 unspecified atom stereocenters. The van der Waals surface area contributed by atoms with Gasteiger partial charge < -0.3 is 10.2 Å². The molecule has 1 amide bonds. The summed E-state index contributed by atoms with van der Waals surface area (Å²) in [6.45, 7) is 7.75. The van der Waals surface area contributed by atoms with Gasteiger partial charge in [0.15, 0.2) is 0 Å². The lowest BCUT2D eigenvalue weighted by Gasteiger charge is -2.17. The van der Waals surface area contributed by atoms with E-state index in [2.05, 4.69) is 28.8 Å². The molecule has 27 heavy (non-hydrogen) atoms. The standard InChI is InChI=1S/C19H27N3O3S2/c1-3-22(4-2)14-13-20-19(23)16-7-9-18(10-8-16)27(24,25)21-12-11-17-6-5-15-26-17/h5-10,15,21H,3-4,11-14H2,1-2H3,(H,20,23). The first-order valence-electron chi connectivity index (χ1n) is 9.09. The van der Waals surface area contributed by atoms with Gasteiger partial charge in [-0.05, 0) is 55.2 Å². The molecule has 0 saturated carbocycles. The fraction of sp³-hybridized carbons (Fsp3) is 0.421. The van der Waals surface area contributed by atoms with Gasteiger partial charge in [-0.2, -0.15) is 0 Å². The Balaban J connectivity index is 1.86. The normalized spacial score (nSPS) is 11.7. The van der Waals surface area contributed by atoms with Crippen LogP contribution in [0.5, 0.6) is 0 Å². The number of hydrogen-bond donors (Lipinski definition) is 2. The van der Waals surface area contributed by atoms with Crippen molar-refractivity contribution in [3.05, 3.63) is 52.2 Å². The Morgan fingerprint density at radius 1 is 1.07 bits per heavy atom. The fourth-order valence-electron chi connectivity index (χ4n) is 2.60. The van der Waals surface area contributed by atoms with Crippen molar-refractivity contribution in [3.8, 4) is 0 Å². The topological polar surface area (TPSA) is 78.5 Å². The molecule has 6 nitrogen and oxygen atoms in total. The van der Waals surface area contributed by atoms with Crippen molar-refractivity contribution in [2.45, 2.75) is 25.2 Å². The van der Waals surface area contributed by atoms with Crippen molar-refractivity contribution in [1.82, 2.24) is 14.9 Å². The van der Waals surface area contributed by atoms with E-state index in [1.54, 1.807) is 23.5 Å². The molecular formula is C19H27N3O3S2. The van der Waals surface area contributed by atoms with Crippen molar-refractivity contribution >= 4 is 27.3 Å². The van der Waals surface area contributed by atoms with Crippen LogP contribution in [-0.4, -0.2) is 51.9 Å². The molecule has 1 aromatic heterocycles. The van der Waals surface area contributed by atoms with Gasteiger partial charge in [0.05, 0.1) is 4.90 Å². The molecule has 148 valence electrons. The van der Waals surface area contributed by atoms with Crippen molar-refractivity contribution in [1.29, 1.82) is 0 Å². The molecule has 0 aliphatic rings. The Hall–Kier alpha value is -1.74. The predicted octanol–water partition coefficient (Wildman–Crippen LogP) is 2.34. The molecule has 0 radical (unpaired) electrons. The number of carbonyl (C=O) groups excluding carboxylic acids is 1. The second kappa shape index (κ2) is 10.6. The lowest BCUT2D eigenvalue weighted by Crippen LogP contribution is -2.34. The van der Waals surface area contributed by atoms with Crippen LogP contribution < -0.4 is 10.0 Å². The fourth-order valence-corrected chi connectivity index (χ4v) is 4.34. The lowest BCUT2D eigenvalue weighted by atomic mass is 10.2. The maximum atomic E-state index is 12.3. The average Bonchev–Trinajstić information content (AvgIpc) is 3.18. The van der Waals surface area contributed by atoms with Gasteiger partial charge in [-0.1, -0.05) is 19.9 Å². The largest absolute Gasteiger partial charge is 0.351 e. The molecule has 2 rings (SSSR count). The van der Waals surface area contributed by atoms with E-state index in [0.717, 1.165) is 24.5 Å². The average molecular weight is 410 g/mol. The van der Waals surface area contributed by atoms with Crippen LogP contribution in [0.1, 0.15) is 29.1 Å². The highest BCUT2D eigenvalue weighted by atomic mass is 32.2. The van der Waals surface area contributed by atoms with Crippen LogP contribution in [0.2, 0.25) is 0 Å². The van der Waals surface area contributed by atoms with E-state index in [1.807, 2.05) is 17.5 Å². The summed E-state index contributed by atoms with van der Waals surface area (Å²) in [5.74, 6) is -0.197. The van der Waals surface area contributed by atoms with Crippen LogP contribution in [0.15, 0.2) is 46.7 Å².